The Morgan fingerprint density at radius 3 is 2.55 bits per heavy atom. The van der Waals surface area contributed by atoms with Crippen molar-refractivity contribution in [2.45, 2.75) is 20.0 Å². The van der Waals surface area contributed by atoms with Gasteiger partial charge in [0.15, 0.2) is 6.10 Å². The normalized spacial score (nSPS) is 15.0. The second kappa shape index (κ2) is 9.73. The highest BCUT2D eigenvalue weighted by Gasteiger charge is 2.31. The van der Waals surface area contributed by atoms with Gasteiger partial charge in [-0.3, -0.25) is 9.59 Å². The van der Waals surface area contributed by atoms with E-state index in [0.717, 1.165) is 11.3 Å². The van der Waals surface area contributed by atoms with Crippen molar-refractivity contribution >= 4 is 46.4 Å². The fraction of sp³-hybridized carbons (Fsp3) is 0.200. The van der Waals surface area contributed by atoms with Gasteiger partial charge in [0.05, 0.1) is 22.3 Å². The molecule has 4 rings (SSSR count). The van der Waals surface area contributed by atoms with Crippen LogP contribution in [0.5, 0.6) is 11.5 Å². The number of anilines is 2. The fourth-order valence-electron chi connectivity index (χ4n) is 3.45. The first kappa shape index (κ1) is 23.0. The average Bonchev–Trinajstić information content (AvgIpc) is 2.79. The quantitative estimate of drug-likeness (QED) is 0.483. The van der Waals surface area contributed by atoms with Crippen LogP contribution in [0.15, 0.2) is 60.7 Å². The third-order valence-electron chi connectivity index (χ3n) is 5.21. The van der Waals surface area contributed by atoms with Gasteiger partial charge in [-0.2, -0.15) is 0 Å². The number of ether oxygens (including phenoxy) is 2. The van der Waals surface area contributed by atoms with E-state index in [4.69, 9.17) is 32.7 Å². The van der Waals surface area contributed by atoms with Crippen LogP contribution in [0.3, 0.4) is 0 Å². The molecule has 0 saturated carbocycles. The number of nitrogens with zero attached hydrogens (tertiary/aromatic N) is 1. The van der Waals surface area contributed by atoms with Crippen LogP contribution >= 0.6 is 23.2 Å². The lowest BCUT2D eigenvalue weighted by Gasteiger charge is -2.33. The summed E-state index contributed by atoms with van der Waals surface area (Å²) in [6.45, 7) is 4.35. The van der Waals surface area contributed by atoms with E-state index in [1.54, 1.807) is 42.2 Å². The predicted octanol–water partition coefficient (Wildman–Crippen LogP) is 5.75. The highest BCUT2D eigenvalue weighted by molar-refractivity contribution is 6.42. The zero-order chi connectivity index (χ0) is 23.5. The van der Waals surface area contributed by atoms with Crippen LogP contribution < -0.4 is 19.7 Å². The van der Waals surface area contributed by atoms with Crippen molar-refractivity contribution in [2.24, 2.45) is 0 Å². The molecule has 0 aliphatic carbocycles. The van der Waals surface area contributed by atoms with Crippen LogP contribution in [0.1, 0.15) is 22.8 Å². The van der Waals surface area contributed by atoms with E-state index in [0.29, 0.717) is 45.9 Å². The van der Waals surface area contributed by atoms with Crippen LogP contribution in [0.2, 0.25) is 10.0 Å². The lowest BCUT2D eigenvalue weighted by molar-refractivity contribution is -0.125. The molecule has 3 aromatic rings. The first-order valence-corrected chi connectivity index (χ1v) is 11.2. The maximum atomic E-state index is 12.8. The topological polar surface area (TPSA) is 67.9 Å². The van der Waals surface area contributed by atoms with Crippen molar-refractivity contribution < 1.29 is 19.1 Å². The average molecular weight is 485 g/mol. The van der Waals surface area contributed by atoms with E-state index in [1.807, 2.05) is 31.2 Å². The highest BCUT2D eigenvalue weighted by atomic mass is 35.5. The zero-order valence-corrected chi connectivity index (χ0v) is 19.6. The third-order valence-corrected chi connectivity index (χ3v) is 5.95. The Hall–Kier alpha value is -3.22. The summed E-state index contributed by atoms with van der Waals surface area (Å²) in [5.41, 5.74) is 2.59. The van der Waals surface area contributed by atoms with Gasteiger partial charge in [-0.1, -0.05) is 40.9 Å². The summed E-state index contributed by atoms with van der Waals surface area (Å²) < 4.78 is 11.6. The number of hydrogen-bond acceptors (Lipinski definition) is 4. The van der Waals surface area contributed by atoms with Crippen LogP contribution in [-0.4, -0.2) is 31.1 Å². The Labute approximate surface area is 202 Å². The van der Waals surface area contributed by atoms with E-state index in [1.165, 1.54) is 6.07 Å². The Bertz CT molecular complexity index is 1200. The Kier molecular flexibility index (Phi) is 6.77. The fourth-order valence-corrected chi connectivity index (χ4v) is 3.74. The summed E-state index contributed by atoms with van der Waals surface area (Å²) in [6, 6.07) is 17.5. The van der Waals surface area contributed by atoms with Crippen molar-refractivity contribution in [3.05, 3.63) is 81.8 Å². The molecule has 0 bridgehead atoms. The molecule has 8 heteroatoms. The molecule has 2 amide bonds. The van der Waals surface area contributed by atoms with Gasteiger partial charge in [0, 0.05) is 11.3 Å². The molecule has 0 radical (unpaired) electrons. The second-order valence-electron chi connectivity index (χ2n) is 7.68. The van der Waals surface area contributed by atoms with Crippen molar-refractivity contribution in [3.63, 3.8) is 0 Å². The number of fused-ring (bicyclic) bond motifs is 1. The Morgan fingerprint density at radius 2 is 1.82 bits per heavy atom. The predicted molar refractivity (Wildman–Crippen MR) is 130 cm³/mol. The van der Waals surface area contributed by atoms with Crippen LogP contribution in [-0.2, 0) is 4.79 Å². The number of benzene rings is 3. The number of hydrogen-bond donors (Lipinski definition) is 1. The number of carbonyl (C=O) groups excluding carboxylic acids is 2. The first-order valence-electron chi connectivity index (χ1n) is 10.4. The summed E-state index contributed by atoms with van der Waals surface area (Å²) in [6.07, 6.45) is -0.617. The monoisotopic (exact) mass is 484 g/mol. The summed E-state index contributed by atoms with van der Waals surface area (Å²) in [7, 11) is 0. The molecular weight excluding hydrogens is 463 g/mol. The molecule has 0 aromatic heterocycles. The van der Waals surface area contributed by atoms with Gasteiger partial charge in [-0.25, -0.2) is 0 Å². The van der Waals surface area contributed by atoms with E-state index < -0.39 is 6.10 Å². The zero-order valence-electron chi connectivity index (χ0n) is 18.1. The van der Waals surface area contributed by atoms with E-state index in [9.17, 15) is 9.59 Å². The van der Waals surface area contributed by atoms with E-state index in [-0.39, 0.29) is 11.8 Å². The number of aryl methyl sites for hydroxylation is 1. The van der Waals surface area contributed by atoms with E-state index >= 15 is 0 Å². The van der Waals surface area contributed by atoms with Gasteiger partial charge in [-0.05, 0) is 62.4 Å². The molecule has 1 aliphatic rings. The first-order chi connectivity index (χ1) is 15.8. The summed E-state index contributed by atoms with van der Waals surface area (Å²) >= 11 is 11.9. The van der Waals surface area contributed by atoms with Gasteiger partial charge in [0.25, 0.3) is 11.8 Å². The molecule has 1 N–H and O–H groups in total. The van der Waals surface area contributed by atoms with Gasteiger partial charge in [-0.15, -0.1) is 0 Å². The van der Waals surface area contributed by atoms with Crippen molar-refractivity contribution in [2.75, 3.05) is 23.4 Å². The molecule has 1 heterocycles. The van der Waals surface area contributed by atoms with Gasteiger partial charge < -0.3 is 19.7 Å². The molecule has 6 nitrogen and oxygen atoms in total. The maximum absolute atomic E-state index is 12.8. The molecule has 33 heavy (non-hydrogen) atoms. The minimum Gasteiger partial charge on any atom is -0.492 e. The second-order valence-corrected chi connectivity index (χ2v) is 8.49. The number of carbonyl (C=O) groups is 2. The molecule has 0 saturated heterocycles. The van der Waals surface area contributed by atoms with Crippen LogP contribution in [0.4, 0.5) is 11.4 Å². The summed E-state index contributed by atoms with van der Waals surface area (Å²) in [4.78, 5) is 27.1. The molecule has 0 spiro atoms. The number of amides is 2. The van der Waals surface area contributed by atoms with Gasteiger partial charge >= 0.3 is 0 Å². The summed E-state index contributed by atoms with van der Waals surface area (Å²) in [5.74, 6) is 0.768. The standard InChI is InChI=1S/C25H22Cl2N2O4/c1-15-3-7-19(8-4-15)32-12-11-29-22-14-18(6-10-23(22)33-16(2)25(29)31)28-24(30)17-5-9-20(26)21(27)13-17/h3-10,13-14,16H,11-12H2,1-2H3,(H,28,30). The molecule has 1 atom stereocenters. The summed E-state index contributed by atoms with van der Waals surface area (Å²) in [5, 5.41) is 3.49. The number of rotatable bonds is 6. The third kappa shape index (κ3) is 5.24. The molecule has 3 aromatic carbocycles. The SMILES string of the molecule is Cc1ccc(OCCN2C(=O)C(C)Oc3ccc(NC(=O)c4ccc(Cl)c(Cl)c4)cc32)cc1. The van der Waals surface area contributed by atoms with Gasteiger partial charge in [0.1, 0.15) is 18.1 Å². The van der Waals surface area contributed by atoms with Crippen molar-refractivity contribution in [3.8, 4) is 11.5 Å². The number of nitrogens with one attached hydrogen (secondary N) is 1. The highest BCUT2D eigenvalue weighted by Crippen LogP contribution is 2.36. The number of halogens is 2. The van der Waals surface area contributed by atoms with Gasteiger partial charge in [0.2, 0.25) is 0 Å². The molecule has 1 aliphatic heterocycles. The Morgan fingerprint density at radius 1 is 1.06 bits per heavy atom. The van der Waals surface area contributed by atoms with Crippen molar-refractivity contribution in [1.82, 2.24) is 0 Å². The maximum Gasteiger partial charge on any atom is 0.267 e. The largest absolute Gasteiger partial charge is 0.492 e. The molecule has 0 fully saturated rings. The molecular formula is C25H22Cl2N2O4. The molecule has 170 valence electrons. The van der Waals surface area contributed by atoms with E-state index in [2.05, 4.69) is 5.32 Å². The minimum atomic E-state index is -0.617. The lowest BCUT2D eigenvalue weighted by Crippen LogP contribution is -2.46. The van der Waals surface area contributed by atoms with Crippen LogP contribution in [0.25, 0.3) is 0 Å². The van der Waals surface area contributed by atoms with Crippen LogP contribution in [0, 0.1) is 6.92 Å². The smallest absolute Gasteiger partial charge is 0.267 e. The minimum absolute atomic E-state index is 0.178. The Balaban J connectivity index is 1.51. The lowest BCUT2D eigenvalue weighted by atomic mass is 10.1. The molecule has 1 unspecified atom stereocenters. The van der Waals surface area contributed by atoms with Crippen molar-refractivity contribution in [1.29, 1.82) is 0 Å².